The highest BCUT2D eigenvalue weighted by atomic mass is 16.7. The highest BCUT2D eigenvalue weighted by molar-refractivity contribution is 6.20. The maximum absolute atomic E-state index is 15.2. The number of esters is 1. The number of hydrogen-bond acceptors (Lipinski definition) is 19. The van der Waals surface area contributed by atoms with Gasteiger partial charge in [-0.05, 0) is 63.7 Å². The van der Waals surface area contributed by atoms with Crippen LogP contribution in [0.5, 0.6) is 17.2 Å². The molecule has 8 amide bonds. The molecule has 0 unspecified atom stereocenters. The maximum atomic E-state index is 15.2. The number of aliphatic hydroxyl groups excluding tert-OH is 2. The van der Waals surface area contributed by atoms with Gasteiger partial charge in [-0.3, -0.25) is 53.2 Å². The van der Waals surface area contributed by atoms with Gasteiger partial charge in [0.05, 0.1) is 60.5 Å². The number of amides is 8. The Morgan fingerprint density at radius 1 is 0.832 bits per heavy atom. The van der Waals surface area contributed by atoms with Crippen LogP contribution in [-0.2, 0) is 54.3 Å². The predicted molar refractivity (Wildman–Crippen MR) is 375 cm³/mol. The van der Waals surface area contributed by atoms with E-state index in [9.17, 15) is 58.8 Å². The number of phenolic OH excluding ortho intramolecular Hbond substituents is 2. The number of carbonyl (C=O) groups excluding carboxylic acids is 9. The number of rotatable bonds is 22. The van der Waals surface area contributed by atoms with Gasteiger partial charge in [0.2, 0.25) is 17.7 Å². The first-order valence-electron chi connectivity index (χ1n) is 34.9. The van der Waals surface area contributed by atoms with E-state index in [1.807, 2.05) is 12.1 Å². The van der Waals surface area contributed by atoms with Crippen LogP contribution in [0.25, 0.3) is 10.8 Å². The Morgan fingerprint density at radius 2 is 1.50 bits per heavy atom. The molecular formula is C74H101N10O17+. The lowest BCUT2D eigenvalue weighted by Crippen LogP contribution is -2.57. The molecule has 5 heterocycles. The number of quaternary nitrogens is 1. The molecule has 8 rings (SSSR count). The monoisotopic (exact) mass is 1400 g/mol. The largest absolute Gasteiger partial charge is 0.507 e. The van der Waals surface area contributed by atoms with Gasteiger partial charge in [-0.1, -0.05) is 92.2 Å². The minimum absolute atomic E-state index is 0.0314. The van der Waals surface area contributed by atoms with Gasteiger partial charge in [0.25, 0.3) is 23.5 Å². The number of benzene rings is 3. The van der Waals surface area contributed by atoms with Crippen LogP contribution in [0.3, 0.4) is 0 Å². The second-order valence-corrected chi connectivity index (χ2v) is 28.7. The van der Waals surface area contributed by atoms with Crippen molar-refractivity contribution >= 4 is 75.4 Å². The number of hydrogen-bond donors (Lipinski definition) is 10. The Labute approximate surface area is 588 Å². The number of primary amides is 1. The van der Waals surface area contributed by atoms with Gasteiger partial charge < -0.3 is 76.2 Å². The number of nitrogens with two attached hydrogens (primary N) is 1. The van der Waals surface area contributed by atoms with E-state index in [0.717, 1.165) is 17.0 Å². The summed E-state index contributed by atoms with van der Waals surface area (Å²) in [5, 5.41) is 62.1. The van der Waals surface area contributed by atoms with Crippen molar-refractivity contribution < 1.29 is 87.0 Å². The summed E-state index contributed by atoms with van der Waals surface area (Å²) in [5.41, 5.74) is 5.58. The molecule has 27 heteroatoms. The number of imide groups is 1. The Bertz CT molecular complexity index is 3910. The Balaban J connectivity index is 1.06. The molecular weight excluding hydrogens is 1300 g/mol. The van der Waals surface area contributed by atoms with Gasteiger partial charge in [0.1, 0.15) is 47.3 Å². The van der Waals surface area contributed by atoms with Crippen LogP contribution in [-0.4, -0.2) is 171 Å². The van der Waals surface area contributed by atoms with Gasteiger partial charge in [-0.25, -0.2) is 4.79 Å². The van der Waals surface area contributed by atoms with Crippen molar-refractivity contribution in [3.63, 3.8) is 0 Å². The zero-order valence-electron chi connectivity index (χ0n) is 60.1. The van der Waals surface area contributed by atoms with Gasteiger partial charge in [0, 0.05) is 123 Å². The van der Waals surface area contributed by atoms with E-state index in [0.29, 0.717) is 61.9 Å². The molecule has 5 aliphatic heterocycles. The number of nitrogens with zero attached hydrogens (tertiary/aromatic N) is 4. The molecule has 4 bridgehead atoms. The normalized spacial score (nSPS) is 27.7. The summed E-state index contributed by atoms with van der Waals surface area (Å²) >= 11 is 0. The van der Waals surface area contributed by atoms with Crippen molar-refractivity contribution in [3.8, 4) is 17.2 Å². The number of urea groups is 1. The van der Waals surface area contributed by atoms with Crippen LogP contribution in [0.1, 0.15) is 149 Å². The molecule has 1 spiro atoms. The fourth-order valence-corrected chi connectivity index (χ4v) is 14.4. The molecule has 0 saturated carbocycles. The summed E-state index contributed by atoms with van der Waals surface area (Å²) in [5.74, 6) is -10.1. The highest BCUT2D eigenvalue weighted by Gasteiger charge is 2.51. The fourth-order valence-electron chi connectivity index (χ4n) is 14.4. The molecule has 11 N–H and O–H groups in total. The van der Waals surface area contributed by atoms with E-state index in [4.69, 9.17) is 34.7 Å². The fraction of sp³-hybridized carbons (Fsp3) is 0.554. The van der Waals surface area contributed by atoms with Crippen LogP contribution in [0.15, 0.2) is 82.5 Å². The quantitative estimate of drug-likeness (QED) is 0.0182. The van der Waals surface area contributed by atoms with Crippen LogP contribution in [0, 0.1) is 42.4 Å². The van der Waals surface area contributed by atoms with Crippen LogP contribution < -0.4 is 47.8 Å². The second-order valence-electron chi connectivity index (χ2n) is 28.7. The number of allylic oxidation sites excluding steroid dienone is 2. The van der Waals surface area contributed by atoms with Gasteiger partial charge >= 0.3 is 17.8 Å². The van der Waals surface area contributed by atoms with Crippen molar-refractivity contribution in [2.24, 2.45) is 51.2 Å². The summed E-state index contributed by atoms with van der Waals surface area (Å²) in [7, 11) is 1.44. The average molecular weight is 1400 g/mol. The van der Waals surface area contributed by atoms with Crippen LogP contribution in [0.4, 0.5) is 16.2 Å². The van der Waals surface area contributed by atoms with Crippen LogP contribution >= 0.6 is 0 Å². The van der Waals surface area contributed by atoms with E-state index in [-0.39, 0.29) is 112 Å². The lowest BCUT2D eigenvalue weighted by molar-refractivity contribution is -0.948. The topological polar surface area (TPSA) is 386 Å². The third kappa shape index (κ3) is 17.8. The number of unbranched alkanes of at least 4 members (excludes halogenated alkanes) is 2. The first kappa shape index (κ1) is 77.7. The summed E-state index contributed by atoms with van der Waals surface area (Å²) in [6.45, 7) is 23.2. The van der Waals surface area contributed by atoms with E-state index in [1.165, 1.54) is 58.4 Å². The van der Waals surface area contributed by atoms with E-state index >= 15 is 4.79 Å². The average Bonchev–Trinajstić information content (AvgIpc) is 1.56. The van der Waals surface area contributed by atoms with E-state index < -0.39 is 119 Å². The molecule has 5 aliphatic rings. The molecule has 548 valence electrons. The van der Waals surface area contributed by atoms with Crippen molar-refractivity contribution in [3.05, 3.63) is 100.0 Å². The van der Waals surface area contributed by atoms with Crippen molar-refractivity contribution in [2.75, 3.05) is 50.5 Å². The smallest absolute Gasteiger partial charge is 0.312 e. The molecule has 3 aromatic rings. The number of likely N-dealkylation sites (tertiary alicyclic amines) is 1. The Kier molecular flexibility index (Phi) is 25.2. The number of aromatic hydroxyl groups is 2. The SMILES string of the molecule is CO[C@H]1/C=C/O[C@@]2(C)Oc3c(C)c(O)c4c(O)c(c5c(c4c3C2=O)=NC2(CC[N+](Cc3ccc(NC(=O)[C@H](CCCNC(N)=O)NC(=O)[C@@H](NC(=O)CCCCCN4C(=O)C=CC4=O)C(C)C)cc3)(CC(C)C)CC2)N=5)NC(=O)/C(C)=C/C=C/[C@H](C)[C@H](O)[C@@H](C)[C@@H](O)[C@@H](C)[C@H](OC(C)=O)[C@@H]1C. The predicted octanol–water partition coefficient (Wildman–Crippen LogP) is 5.96. The number of ether oxygens (including phenoxy) is 4. The summed E-state index contributed by atoms with van der Waals surface area (Å²) in [4.78, 5) is 131. The summed E-state index contributed by atoms with van der Waals surface area (Å²) in [6, 6.07) is 4.55. The molecule has 1 saturated heterocycles. The lowest BCUT2D eigenvalue weighted by Gasteiger charge is -2.46. The molecule has 0 radical (unpaired) electrons. The first-order valence-corrected chi connectivity index (χ1v) is 34.9. The third-order valence-corrected chi connectivity index (χ3v) is 20.1. The molecule has 27 nitrogen and oxygen atoms in total. The van der Waals surface area contributed by atoms with Gasteiger partial charge in [-0.2, -0.15) is 0 Å². The molecule has 1 fully saturated rings. The number of fused-ring (bicyclic) bond motifs is 1. The molecule has 101 heavy (non-hydrogen) atoms. The van der Waals surface area contributed by atoms with Gasteiger partial charge in [0.15, 0.2) is 11.4 Å². The van der Waals surface area contributed by atoms with Crippen molar-refractivity contribution in [1.29, 1.82) is 0 Å². The minimum atomic E-state index is -2.07. The molecule has 0 aliphatic carbocycles. The Morgan fingerprint density at radius 3 is 2.12 bits per heavy atom. The van der Waals surface area contributed by atoms with Crippen LogP contribution in [0.2, 0.25) is 0 Å². The third-order valence-electron chi connectivity index (χ3n) is 20.1. The summed E-state index contributed by atoms with van der Waals surface area (Å²) in [6.07, 6.45) is 8.69. The number of ketones is 1. The number of methoxy groups -OCH3 is 1. The Hall–Kier alpha value is -9.05. The number of carbonyl (C=O) groups is 9. The van der Waals surface area contributed by atoms with E-state index in [2.05, 4.69) is 40.4 Å². The second kappa shape index (κ2) is 32.7. The number of anilines is 2. The number of piperidine rings is 1. The maximum Gasteiger partial charge on any atom is 0.312 e. The number of aliphatic hydroxyl groups is 2. The molecule has 3 aromatic carbocycles. The van der Waals surface area contributed by atoms with Crippen molar-refractivity contribution in [2.45, 2.75) is 189 Å². The zero-order chi connectivity index (χ0) is 74.2. The van der Waals surface area contributed by atoms with Crippen molar-refractivity contribution in [1.82, 2.24) is 20.9 Å². The number of phenols is 2. The van der Waals surface area contributed by atoms with E-state index in [1.54, 1.807) is 72.8 Å². The zero-order valence-corrected chi connectivity index (χ0v) is 60.1. The first-order chi connectivity index (χ1) is 47.6. The highest BCUT2D eigenvalue weighted by Crippen LogP contribution is 2.50. The van der Waals surface area contributed by atoms with Gasteiger partial charge in [-0.15, -0.1) is 0 Å². The minimum Gasteiger partial charge on any atom is -0.507 e. The molecule has 0 aromatic heterocycles. The lowest BCUT2D eigenvalue weighted by atomic mass is 9.78. The number of nitrogens with one attached hydrogen (secondary N) is 5. The number of Topliss-reactive ketones (excluding diaryl/α,β-unsaturated/α-hetero) is 1. The summed E-state index contributed by atoms with van der Waals surface area (Å²) < 4.78 is 24.9. The molecule has 11 atom stereocenters. The standard InChI is InChI=1S/C74H100N10O17/c1-39(2)37-84(38-48-23-25-49(26-24-48)77-70(95)50(21-18-32-76-72(75)97)78-71(96)58(40(3)4)79-52(86)22-15-14-16-33-83-53(87)27-28-54(83)88)34-30-74(31-35-84)81-59-55-56-64(91)46(10)67-57(55)68(93)73(12,101-67)99-36-29-51(98-13)43(7)66(100-47(11)85)45(9)63(90)44(8)62(89)41(5)19-17-20-42(6)69(94)80-61(65(56)92)60(59)82-74/h17,19-20,23-29,36,39-41,43-45,50-51,58,62-63,66,89-90H,14-16,18,21-22,30-35,37-38H2,1-13H3,(H8-,75,76,77,78,79,80,81,82,86,87,88,91,92,93,94,95,96,97)/p+1/b19-17+,36-29+,42-20+/t41-,43+,44+,45+,50-,51-,58-,62-,63+,66+,73-,74?,84?/m0/s1.